The summed E-state index contributed by atoms with van der Waals surface area (Å²) in [5.41, 5.74) is 3.99. The van der Waals surface area contributed by atoms with Crippen molar-refractivity contribution in [3.05, 3.63) is 46.6 Å². The van der Waals surface area contributed by atoms with Crippen LogP contribution in [0, 0.1) is 20.8 Å². The van der Waals surface area contributed by atoms with E-state index in [1.807, 2.05) is 4.90 Å². The van der Waals surface area contributed by atoms with Gasteiger partial charge in [0, 0.05) is 20.0 Å². The first kappa shape index (κ1) is 14.8. The fourth-order valence-corrected chi connectivity index (χ4v) is 3.19. The van der Waals surface area contributed by atoms with Gasteiger partial charge in [0.1, 0.15) is 0 Å². The van der Waals surface area contributed by atoms with Crippen molar-refractivity contribution in [2.45, 2.75) is 39.5 Å². The highest BCUT2D eigenvalue weighted by Gasteiger charge is 2.27. The van der Waals surface area contributed by atoms with E-state index in [0.717, 1.165) is 25.9 Å². The van der Waals surface area contributed by atoms with Crippen molar-refractivity contribution in [1.29, 1.82) is 0 Å². The number of carbonyl (C=O) groups excluding carboxylic acids is 1. The number of piperidine rings is 1. The summed E-state index contributed by atoms with van der Waals surface area (Å²) in [5.74, 6) is 0.987. The molecule has 0 bridgehead atoms. The van der Waals surface area contributed by atoms with Crippen molar-refractivity contribution in [2.24, 2.45) is 0 Å². The third-order valence-corrected chi connectivity index (χ3v) is 4.22. The Balaban J connectivity index is 1.66. The van der Waals surface area contributed by atoms with E-state index in [0.29, 0.717) is 11.8 Å². The highest BCUT2D eigenvalue weighted by Crippen LogP contribution is 2.29. The molecule has 2 heterocycles. The Bertz CT molecular complexity index is 665. The Labute approximate surface area is 130 Å². The van der Waals surface area contributed by atoms with Crippen LogP contribution in [0.4, 0.5) is 0 Å². The van der Waals surface area contributed by atoms with Crippen molar-refractivity contribution in [2.75, 3.05) is 13.1 Å². The molecule has 0 atom stereocenters. The number of amides is 1. The van der Waals surface area contributed by atoms with E-state index in [4.69, 9.17) is 4.52 Å². The molecule has 1 aromatic heterocycles. The molecule has 5 heteroatoms. The Hall–Kier alpha value is -2.17. The van der Waals surface area contributed by atoms with E-state index in [1.165, 1.54) is 16.7 Å². The fraction of sp³-hybridized carbons (Fsp3) is 0.471. The summed E-state index contributed by atoms with van der Waals surface area (Å²) in [7, 11) is 0. The van der Waals surface area contributed by atoms with Gasteiger partial charge in [0.15, 0.2) is 0 Å². The zero-order valence-electron chi connectivity index (χ0n) is 13.3. The second-order valence-electron chi connectivity index (χ2n) is 6.12. The number of aromatic nitrogens is 2. The van der Waals surface area contributed by atoms with Crippen molar-refractivity contribution < 1.29 is 9.32 Å². The van der Waals surface area contributed by atoms with Crippen molar-refractivity contribution in [3.63, 3.8) is 0 Å². The van der Waals surface area contributed by atoms with Crippen LogP contribution in [0.2, 0.25) is 0 Å². The largest absolute Gasteiger partial charge is 0.339 e. The molecular weight excluding hydrogens is 278 g/mol. The molecule has 2 aromatic rings. The van der Waals surface area contributed by atoms with Crippen LogP contribution in [0.3, 0.4) is 0 Å². The van der Waals surface area contributed by atoms with Gasteiger partial charge in [0.25, 0.3) is 11.7 Å². The molecule has 5 nitrogen and oxygen atoms in total. The molecule has 0 unspecified atom stereocenters. The summed E-state index contributed by atoms with van der Waals surface area (Å²) in [6, 6.07) is 6.72. The lowest BCUT2D eigenvalue weighted by atomic mass is 9.87. The lowest BCUT2D eigenvalue weighted by Gasteiger charge is -2.31. The molecule has 1 fully saturated rings. The Morgan fingerprint density at radius 1 is 1.14 bits per heavy atom. The highest BCUT2D eigenvalue weighted by atomic mass is 16.5. The molecule has 1 aliphatic heterocycles. The average molecular weight is 299 g/mol. The van der Waals surface area contributed by atoms with Gasteiger partial charge >= 0.3 is 0 Å². The molecule has 0 spiro atoms. The minimum atomic E-state index is -0.129. The van der Waals surface area contributed by atoms with Gasteiger partial charge < -0.3 is 9.42 Å². The highest BCUT2D eigenvalue weighted by molar-refractivity contribution is 5.90. The van der Waals surface area contributed by atoms with E-state index in [-0.39, 0.29) is 11.7 Å². The minimum Gasteiger partial charge on any atom is -0.339 e. The van der Waals surface area contributed by atoms with Gasteiger partial charge in [-0.25, -0.2) is 0 Å². The SMILES string of the molecule is Cc1cc(C)cc(C2CCN(C(=O)c3noc(C)n3)CC2)c1. The van der Waals surface area contributed by atoms with Crippen LogP contribution >= 0.6 is 0 Å². The second kappa shape index (κ2) is 5.91. The normalized spacial score (nSPS) is 16.0. The van der Waals surface area contributed by atoms with Crippen LogP contribution in [0.1, 0.15) is 52.0 Å². The summed E-state index contributed by atoms with van der Waals surface area (Å²) in [6.45, 7) is 7.44. The maximum absolute atomic E-state index is 12.3. The van der Waals surface area contributed by atoms with Gasteiger partial charge in [-0.15, -0.1) is 0 Å². The van der Waals surface area contributed by atoms with Gasteiger partial charge in [0.2, 0.25) is 5.89 Å². The van der Waals surface area contributed by atoms with Gasteiger partial charge in [-0.3, -0.25) is 4.79 Å². The topological polar surface area (TPSA) is 59.2 Å². The predicted molar refractivity (Wildman–Crippen MR) is 82.8 cm³/mol. The van der Waals surface area contributed by atoms with E-state index >= 15 is 0 Å². The van der Waals surface area contributed by atoms with Crippen molar-refractivity contribution in [3.8, 4) is 0 Å². The number of rotatable bonds is 2. The number of benzene rings is 1. The lowest BCUT2D eigenvalue weighted by molar-refractivity contribution is 0.0697. The number of hydrogen-bond acceptors (Lipinski definition) is 4. The number of carbonyl (C=O) groups is 1. The molecule has 0 saturated carbocycles. The number of hydrogen-bond donors (Lipinski definition) is 0. The fourth-order valence-electron chi connectivity index (χ4n) is 3.19. The summed E-state index contributed by atoms with van der Waals surface area (Å²) in [5, 5.41) is 3.71. The summed E-state index contributed by atoms with van der Waals surface area (Å²) in [4.78, 5) is 18.1. The van der Waals surface area contributed by atoms with Gasteiger partial charge in [0.05, 0.1) is 0 Å². The van der Waals surface area contributed by atoms with E-state index in [9.17, 15) is 4.79 Å². The second-order valence-corrected chi connectivity index (χ2v) is 6.12. The Morgan fingerprint density at radius 2 is 1.77 bits per heavy atom. The quantitative estimate of drug-likeness (QED) is 0.855. The summed E-state index contributed by atoms with van der Waals surface area (Å²) >= 11 is 0. The van der Waals surface area contributed by atoms with Crippen LogP contribution in [-0.2, 0) is 0 Å². The maximum Gasteiger partial charge on any atom is 0.295 e. The van der Waals surface area contributed by atoms with Gasteiger partial charge in [-0.2, -0.15) is 4.98 Å². The summed E-state index contributed by atoms with van der Waals surface area (Å²) < 4.78 is 4.88. The number of likely N-dealkylation sites (tertiary alicyclic amines) is 1. The molecular formula is C17H21N3O2. The monoisotopic (exact) mass is 299 g/mol. The van der Waals surface area contributed by atoms with Crippen LogP contribution in [-0.4, -0.2) is 34.0 Å². The van der Waals surface area contributed by atoms with Crippen LogP contribution < -0.4 is 0 Å². The number of nitrogens with zero attached hydrogens (tertiary/aromatic N) is 3. The lowest BCUT2D eigenvalue weighted by Crippen LogP contribution is -2.38. The van der Waals surface area contributed by atoms with Crippen LogP contribution in [0.25, 0.3) is 0 Å². The molecule has 0 radical (unpaired) electrons. The molecule has 0 N–H and O–H groups in total. The first-order chi connectivity index (χ1) is 10.5. The predicted octanol–water partition coefficient (Wildman–Crippen LogP) is 3.01. The van der Waals surface area contributed by atoms with E-state index in [1.54, 1.807) is 6.92 Å². The van der Waals surface area contributed by atoms with E-state index in [2.05, 4.69) is 42.2 Å². The van der Waals surface area contributed by atoms with Crippen molar-refractivity contribution in [1.82, 2.24) is 15.0 Å². The molecule has 3 rings (SSSR count). The maximum atomic E-state index is 12.3. The number of aryl methyl sites for hydroxylation is 3. The summed E-state index contributed by atoms with van der Waals surface area (Å²) in [6.07, 6.45) is 1.96. The Morgan fingerprint density at radius 3 is 2.32 bits per heavy atom. The smallest absolute Gasteiger partial charge is 0.295 e. The first-order valence-electron chi connectivity index (χ1n) is 7.70. The third-order valence-electron chi connectivity index (χ3n) is 4.22. The van der Waals surface area contributed by atoms with Crippen molar-refractivity contribution >= 4 is 5.91 Å². The standard InChI is InChI=1S/C17H21N3O2/c1-11-8-12(2)10-15(9-11)14-4-6-20(7-5-14)17(21)16-18-13(3)22-19-16/h8-10,14H,4-7H2,1-3H3. The molecule has 1 aromatic carbocycles. The average Bonchev–Trinajstić information content (AvgIpc) is 2.92. The molecule has 1 aliphatic rings. The first-order valence-corrected chi connectivity index (χ1v) is 7.70. The van der Waals surface area contributed by atoms with Gasteiger partial charge in [-0.05, 0) is 38.2 Å². The molecule has 116 valence electrons. The molecule has 1 saturated heterocycles. The third kappa shape index (κ3) is 3.03. The minimum absolute atomic E-state index is 0.129. The van der Waals surface area contributed by atoms with Crippen LogP contribution in [0.15, 0.2) is 22.7 Å². The van der Waals surface area contributed by atoms with E-state index < -0.39 is 0 Å². The Kier molecular flexibility index (Phi) is 3.96. The van der Waals surface area contributed by atoms with Gasteiger partial charge in [-0.1, -0.05) is 34.5 Å². The zero-order chi connectivity index (χ0) is 15.7. The zero-order valence-corrected chi connectivity index (χ0v) is 13.3. The molecule has 1 amide bonds. The molecule has 22 heavy (non-hydrogen) atoms. The molecule has 0 aliphatic carbocycles. The van der Waals surface area contributed by atoms with Crippen LogP contribution in [0.5, 0.6) is 0 Å².